The van der Waals surface area contributed by atoms with Crippen LogP contribution >= 0.6 is 0 Å². The number of aliphatic hydroxyl groups is 1. The van der Waals surface area contributed by atoms with Crippen LogP contribution in [0.4, 0.5) is 0 Å². The van der Waals surface area contributed by atoms with E-state index in [1.165, 1.54) is 0 Å². The molecule has 0 aromatic carbocycles. The number of azide groups is 1. The van der Waals surface area contributed by atoms with E-state index < -0.39 is 30.3 Å². The minimum absolute atomic E-state index is 0.145. The van der Waals surface area contributed by atoms with Crippen LogP contribution in [-0.4, -0.2) is 42.0 Å². The standard InChI is InChI=1S/C8H13N3O4/c1-8(2)14-6-5(12)4(10-11-9)3-13-7(6)15-8/h4-7,12H,3H2,1-2H3/t4-,5+,6+,7-/m1/s1. The van der Waals surface area contributed by atoms with E-state index in [4.69, 9.17) is 19.7 Å². The SMILES string of the molecule is CC1(C)O[C@H]2OC[C@@H](N=[N+]=[N-])[C@H](O)[C@@H]2O1. The number of rotatable bonds is 1. The topological polar surface area (TPSA) is 96.7 Å². The monoisotopic (exact) mass is 215 g/mol. The van der Waals surface area contributed by atoms with Gasteiger partial charge in [0.25, 0.3) is 0 Å². The van der Waals surface area contributed by atoms with E-state index in [1.54, 1.807) is 13.8 Å². The molecule has 15 heavy (non-hydrogen) atoms. The summed E-state index contributed by atoms with van der Waals surface area (Å²) in [6, 6.07) is -0.617. The van der Waals surface area contributed by atoms with Crippen LogP contribution < -0.4 is 0 Å². The zero-order valence-corrected chi connectivity index (χ0v) is 8.53. The molecule has 4 atom stereocenters. The van der Waals surface area contributed by atoms with Gasteiger partial charge in [0.2, 0.25) is 0 Å². The summed E-state index contributed by atoms with van der Waals surface area (Å²) in [6.07, 6.45) is -2.06. The second-order valence-corrected chi connectivity index (χ2v) is 4.06. The van der Waals surface area contributed by atoms with E-state index in [9.17, 15) is 5.11 Å². The van der Waals surface area contributed by atoms with Crippen LogP contribution in [0.25, 0.3) is 10.4 Å². The van der Waals surface area contributed by atoms with E-state index in [2.05, 4.69) is 10.0 Å². The van der Waals surface area contributed by atoms with E-state index in [1.807, 2.05) is 0 Å². The highest BCUT2D eigenvalue weighted by Crippen LogP contribution is 2.34. The van der Waals surface area contributed by atoms with Crippen molar-refractivity contribution in [2.75, 3.05) is 6.61 Å². The number of nitrogens with zero attached hydrogens (tertiary/aromatic N) is 3. The fraction of sp³-hybridized carbons (Fsp3) is 1.00. The van der Waals surface area contributed by atoms with Gasteiger partial charge in [0.05, 0.1) is 18.8 Å². The maximum absolute atomic E-state index is 9.85. The molecule has 0 saturated carbocycles. The summed E-state index contributed by atoms with van der Waals surface area (Å²) in [7, 11) is 0. The number of hydrogen-bond donors (Lipinski definition) is 1. The van der Waals surface area contributed by atoms with E-state index in [0.717, 1.165) is 0 Å². The number of ether oxygens (including phenoxy) is 3. The predicted molar refractivity (Wildman–Crippen MR) is 48.7 cm³/mol. The second-order valence-electron chi connectivity index (χ2n) is 4.06. The molecule has 0 unspecified atom stereocenters. The summed E-state index contributed by atoms with van der Waals surface area (Å²) in [5, 5.41) is 13.3. The number of fused-ring (bicyclic) bond motifs is 1. The zero-order valence-electron chi connectivity index (χ0n) is 8.53. The highest BCUT2D eigenvalue weighted by atomic mass is 16.8. The molecule has 84 valence electrons. The highest BCUT2D eigenvalue weighted by molar-refractivity contribution is 4.92. The van der Waals surface area contributed by atoms with E-state index >= 15 is 0 Å². The van der Waals surface area contributed by atoms with Gasteiger partial charge in [0.15, 0.2) is 12.1 Å². The third-order valence-corrected chi connectivity index (χ3v) is 2.45. The van der Waals surface area contributed by atoms with E-state index in [0.29, 0.717) is 0 Å². The molecule has 2 heterocycles. The average Bonchev–Trinajstić information content (AvgIpc) is 2.46. The van der Waals surface area contributed by atoms with Crippen molar-refractivity contribution < 1.29 is 19.3 Å². The predicted octanol–water partition coefficient (Wildman–Crippen LogP) is 0.534. The lowest BCUT2D eigenvalue weighted by atomic mass is 10.0. The smallest absolute Gasteiger partial charge is 0.189 e. The molecule has 2 aliphatic heterocycles. The van der Waals surface area contributed by atoms with Gasteiger partial charge in [-0.25, -0.2) is 0 Å². The summed E-state index contributed by atoms with van der Waals surface area (Å²) in [4.78, 5) is 2.65. The molecule has 0 amide bonds. The Morgan fingerprint density at radius 2 is 2.20 bits per heavy atom. The molecular weight excluding hydrogens is 202 g/mol. The average molecular weight is 215 g/mol. The normalized spacial score (nSPS) is 43.1. The van der Waals surface area contributed by atoms with Crippen LogP contribution in [0.2, 0.25) is 0 Å². The van der Waals surface area contributed by atoms with Crippen molar-refractivity contribution in [2.45, 2.75) is 44.2 Å². The molecule has 0 aromatic heterocycles. The molecule has 0 aromatic rings. The van der Waals surface area contributed by atoms with Crippen molar-refractivity contribution in [3.63, 3.8) is 0 Å². The molecule has 2 aliphatic rings. The summed E-state index contributed by atoms with van der Waals surface area (Å²) in [5.74, 6) is -0.776. The second kappa shape index (κ2) is 3.62. The third kappa shape index (κ3) is 1.92. The third-order valence-electron chi connectivity index (χ3n) is 2.45. The quantitative estimate of drug-likeness (QED) is 0.392. The molecule has 2 fully saturated rings. The fourth-order valence-corrected chi connectivity index (χ4v) is 1.80. The van der Waals surface area contributed by atoms with Gasteiger partial charge in [0, 0.05) is 4.91 Å². The first-order valence-electron chi connectivity index (χ1n) is 4.73. The molecule has 2 saturated heterocycles. The van der Waals surface area contributed by atoms with Crippen LogP contribution in [0.3, 0.4) is 0 Å². The van der Waals surface area contributed by atoms with Crippen LogP contribution in [0.15, 0.2) is 5.11 Å². The maximum atomic E-state index is 9.85. The molecule has 1 N–H and O–H groups in total. The Labute approximate surface area is 86.6 Å². The lowest BCUT2D eigenvalue weighted by Crippen LogP contribution is -2.50. The van der Waals surface area contributed by atoms with Crippen molar-refractivity contribution in [1.82, 2.24) is 0 Å². The first-order chi connectivity index (χ1) is 7.03. The largest absolute Gasteiger partial charge is 0.390 e. The Balaban J connectivity index is 2.12. The summed E-state index contributed by atoms with van der Waals surface area (Å²) < 4.78 is 16.2. The summed E-state index contributed by atoms with van der Waals surface area (Å²) >= 11 is 0. The van der Waals surface area contributed by atoms with Crippen molar-refractivity contribution in [1.29, 1.82) is 0 Å². The molecule has 0 spiro atoms. The van der Waals surface area contributed by atoms with Crippen LogP contribution in [0.1, 0.15) is 13.8 Å². The van der Waals surface area contributed by atoms with Gasteiger partial charge in [-0.1, -0.05) is 5.11 Å². The van der Waals surface area contributed by atoms with Crippen molar-refractivity contribution in [3.8, 4) is 0 Å². The summed E-state index contributed by atoms with van der Waals surface area (Å²) in [6.45, 7) is 3.62. The van der Waals surface area contributed by atoms with Crippen molar-refractivity contribution in [3.05, 3.63) is 10.4 Å². The Kier molecular flexibility index (Phi) is 2.57. The maximum Gasteiger partial charge on any atom is 0.189 e. The van der Waals surface area contributed by atoms with Gasteiger partial charge in [0.1, 0.15) is 6.10 Å². The number of aliphatic hydroxyl groups excluding tert-OH is 1. The first kappa shape index (κ1) is 10.7. The molecule has 0 radical (unpaired) electrons. The van der Waals surface area contributed by atoms with Gasteiger partial charge >= 0.3 is 0 Å². The molecule has 7 nitrogen and oxygen atoms in total. The summed E-state index contributed by atoms with van der Waals surface area (Å²) in [5.41, 5.74) is 8.30. The lowest BCUT2D eigenvalue weighted by molar-refractivity contribution is -0.197. The Morgan fingerprint density at radius 3 is 2.87 bits per heavy atom. The molecule has 0 aliphatic carbocycles. The van der Waals surface area contributed by atoms with Crippen LogP contribution in [0.5, 0.6) is 0 Å². The van der Waals surface area contributed by atoms with Crippen LogP contribution in [0, 0.1) is 0 Å². The Bertz CT molecular complexity index is 302. The number of hydrogen-bond acceptors (Lipinski definition) is 5. The highest BCUT2D eigenvalue weighted by Gasteiger charge is 2.50. The first-order valence-corrected chi connectivity index (χ1v) is 4.73. The van der Waals surface area contributed by atoms with Crippen molar-refractivity contribution in [2.24, 2.45) is 5.11 Å². The molecule has 7 heteroatoms. The van der Waals surface area contributed by atoms with Gasteiger partial charge < -0.3 is 19.3 Å². The van der Waals surface area contributed by atoms with Gasteiger partial charge in [-0.05, 0) is 19.4 Å². The zero-order chi connectivity index (χ0) is 11.1. The minimum atomic E-state index is -0.888. The van der Waals surface area contributed by atoms with E-state index in [-0.39, 0.29) is 6.61 Å². The Morgan fingerprint density at radius 1 is 1.47 bits per heavy atom. The minimum Gasteiger partial charge on any atom is -0.390 e. The van der Waals surface area contributed by atoms with Gasteiger partial charge in [-0.3, -0.25) is 0 Å². The van der Waals surface area contributed by atoms with Crippen molar-refractivity contribution >= 4 is 0 Å². The molecule has 0 bridgehead atoms. The molecule has 2 rings (SSSR count). The fourth-order valence-electron chi connectivity index (χ4n) is 1.80. The van der Waals surface area contributed by atoms with Gasteiger partial charge in [-0.15, -0.1) is 0 Å². The molecular formula is C8H13N3O4. The Hall–Kier alpha value is -0.850. The van der Waals surface area contributed by atoms with Gasteiger partial charge in [-0.2, -0.15) is 0 Å². The van der Waals surface area contributed by atoms with Crippen LogP contribution in [-0.2, 0) is 14.2 Å². The lowest BCUT2D eigenvalue weighted by Gasteiger charge is -2.31.